The van der Waals surface area contributed by atoms with Gasteiger partial charge in [-0.2, -0.15) is 0 Å². The van der Waals surface area contributed by atoms with Gasteiger partial charge in [0.15, 0.2) is 0 Å². The van der Waals surface area contributed by atoms with Crippen LogP contribution in [0.2, 0.25) is 0 Å². The number of amides is 1. The molecule has 0 saturated carbocycles. The van der Waals surface area contributed by atoms with Crippen molar-refractivity contribution >= 4 is 21.6 Å². The largest absolute Gasteiger partial charge is 0.487 e. The molecule has 28 heavy (non-hydrogen) atoms. The molecule has 2 aromatic carbocycles. The molecule has 0 fully saturated rings. The number of sulfonamides is 1. The lowest BCUT2D eigenvalue weighted by atomic mass is 9.89. The van der Waals surface area contributed by atoms with E-state index in [4.69, 9.17) is 4.74 Å². The van der Waals surface area contributed by atoms with E-state index in [-0.39, 0.29) is 11.9 Å². The summed E-state index contributed by atoms with van der Waals surface area (Å²) in [6, 6.07) is 10.8. The number of hydrogen-bond donors (Lipinski definition) is 2. The molecule has 1 heterocycles. The molecule has 7 heteroatoms. The van der Waals surface area contributed by atoms with Gasteiger partial charge in [-0.25, -0.2) is 8.42 Å². The third-order valence-corrected chi connectivity index (χ3v) is 5.32. The maximum absolute atomic E-state index is 12.9. The normalized spacial score (nSPS) is 18.0. The van der Waals surface area contributed by atoms with Crippen LogP contribution in [-0.2, 0) is 10.0 Å². The number of fused-ring (bicyclic) bond motifs is 1. The molecule has 6 nitrogen and oxygen atoms in total. The van der Waals surface area contributed by atoms with E-state index < -0.39 is 15.6 Å². The van der Waals surface area contributed by atoms with Crippen LogP contribution in [0.4, 0.5) is 5.69 Å². The molecule has 2 aromatic rings. The molecule has 1 aliphatic heterocycles. The number of rotatable bonds is 4. The van der Waals surface area contributed by atoms with Crippen molar-refractivity contribution in [1.29, 1.82) is 0 Å². The molecule has 0 radical (unpaired) electrons. The fourth-order valence-electron chi connectivity index (χ4n) is 3.40. The quantitative estimate of drug-likeness (QED) is 0.817. The Morgan fingerprint density at radius 3 is 2.54 bits per heavy atom. The number of ether oxygens (including phenoxy) is 1. The van der Waals surface area contributed by atoms with Crippen LogP contribution in [0.1, 0.15) is 53.4 Å². The zero-order valence-corrected chi connectivity index (χ0v) is 17.6. The Labute approximate surface area is 166 Å². The molecule has 0 aliphatic carbocycles. The predicted molar refractivity (Wildman–Crippen MR) is 110 cm³/mol. The number of carbonyl (C=O) groups excluding carboxylic acids is 1. The summed E-state index contributed by atoms with van der Waals surface area (Å²) in [5.74, 6) is 0.524. The number of carbonyl (C=O) groups is 1. The van der Waals surface area contributed by atoms with Crippen LogP contribution < -0.4 is 14.8 Å². The molecule has 1 amide bonds. The number of aryl methyl sites for hydroxylation is 2. The Bertz CT molecular complexity index is 1030. The van der Waals surface area contributed by atoms with E-state index in [2.05, 4.69) is 10.0 Å². The molecule has 1 unspecified atom stereocenters. The van der Waals surface area contributed by atoms with Gasteiger partial charge in [-0.1, -0.05) is 18.2 Å². The second-order valence-corrected chi connectivity index (χ2v) is 9.79. The van der Waals surface area contributed by atoms with Crippen LogP contribution in [0.5, 0.6) is 5.75 Å². The Morgan fingerprint density at radius 1 is 1.14 bits per heavy atom. The summed E-state index contributed by atoms with van der Waals surface area (Å²) in [4.78, 5) is 12.9. The highest BCUT2D eigenvalue weighted by atomic mass is 32.2. The molecule has 3 rings (SSSR count). The first-order chi connectivity index (χ1) is 12.9. The minimum Gasteiger partial charge on any atom is -0.487 e. The maximum atomic E-state index is 12.9. The Kier molecular flexibility index (Phi) is 5.14. The smallest absolute Gasteiger partial charge is 0.251 e. The monoisotopic (exact) mass is 402 g/mol. The summed E-state index contributed by atoms with van der Waals surface area (Å²) in [6.45, 7) is 7.78. The molecule has 0 aromatic heterocycles. The average Bonchev–Trinajstić information content (AvgIpc) is 2.54. The third-order valence-electron chi connectivity index (χ3n) is 4.73. The van der Waals surface area contributed by atoms with Gasteiger partial charge in [-0.05, 0) is 57.0 Å². The first-order valence-corrected chi connectivity index (χ1v) is 11.0. The Morgan fingerprint density at radius 2 is 1.86 bits per heavy atom. The SMILES string of the molecule is Cc1ccc2c(c1)OC(C)(C)CC2NC(=O)c1ccc(C)c(NS(C)(=O)=O)c1. The van der Waals surface area contributed by atoms with Gasteiger partial charge in [0, 0.05) is 17.5 Å². The molecule has 1 atom stereocenters. The minimum absolute atomic E-state index is 0.195. The summed E-state index contributed by atoms with van der Waals surface area (Å²) in [5.41, 5.74) is 3.18. The standard InChI is InChI=1S/C21H26N2O4S/c1-13-6-9-16-18(12-21(3,4)27-19(16)10-13)22-20(24)15-8-7-14(2)17(11-15)23-28(5,25)26/h6-11,18,23H,12H2,1-5H3,(H,22,24). The summed E-state index contributed by atoms with van der Waals surface area (Å²) < 4.78 is 31.7. The van der Waals surface area contributed by atoms with Crippen LogP contribution in [-0.4, -0.2) is 26.2 Å². The topological polar surface area (TPSA) is 84.5 Å². The van der Waals surface area contributed by atoms with Gasteiger partial charge in [0.25, 0.3) is 5.91 Å². The van der Waals surface area contributed by atoms with Gasteiger partial charge in [0.2, 0.25) is 10.0 Å². The van der Waals surface area contributed by atoms with E-state index >= 15 is 0 Å². The van der Waals surface area contributed by atoms with E-state index in [1.165, 1.54) is 0 Å². The molecule has 0 spiro atoms. The van der Waals surface area contributed by atoms with Crippen LogP contribution in [0.25, 0.3) is 0 Å². The van der Waals surface area contributed by atoms with Crippen molar-refractivity contribution in [2.75, 3.05) is 11.0 Å². The summed E-state index contributed by atoms with van der Waals surface area (Å²) >= 11 is 0. The highest BCUT2D eigenvalue weighted by Gasteiger charge is 2.34. The minimum atomic E-state index is -3.43. The van der Waals surface area contributed by atoms with Crippen LogP contribution >= 0.6 is 0 Å². The van der Waals surface area contributed by atoms with Gasteiger partial charge >= 0.3 is 0 Å². The molecular formula is C21H26N2O4S. The van der Waals surface area contributed by atoms with Crippen molar-refractivity contribution in [3.05, 3.63) is 58.7 Å². The van der Waals surface area contributed by atoms with E-state index in [9.17, 15) is 13.2 Å². The fourth-order valence-corrected chi connectivity index (χ4v) is 4.02. The fraction of sp³-hybridized carbons (Fsp3) is 0.381. The summed E-state index contributed by atoms with van der Waals surface area (Å²) in [7, 11) is -3.43. The van der Waals surface area contributed by atoms with Crippen molar-refractivity contribution in [3.8, 4) is 5.75 Å². The zero-order chi connectivity index (χ0) is 20.7. The van der Waals surface area contributed by atoms with Crippen molar-refractivity contribution in [2.45, 2.75) is 45.8 Å². The highest BCUT2D eigenvalue weighted by molar-refractivity contribution is 7.92. The van der Waals surface area contributed by atoms with E-state index in [1.54, 1.807) is 25.1 Å². The first-order valence-electron chi connectivity index (χ1n) is 9.12. The third kappa shape index (κ3) is 4.65. The van der Waals surface area contributed by atoms with Crippen LogP contribution in [0.15, 0.2) is 36.4 Å². The van der Waals surface area contributed by atoms with E-state index in [1.807, 2.05) is 39.0 Å². The van der Waals surface area contributed by atoms with Gasteiger partial charge in [0.1, 0.15) is 11.4 Å². The Hall–Kier alpha value is -2.54. The maximum Gasteiger partial charge on any atom is 0.251 e. The predicted octanol–water partition coefficient (Wildman–Crippen LogP) is 3.71. The molecule has 2 N–H and O–H groups in total. The molecule has 150 valence electrons. The lowest BCUT2D eigenvalue weighted by Gasteiger charge is -2.38. The van der Waals surface area contributed by atoms with Crippen LogP contribution in [0.3, 0.4) is 0 Å². The van der Waals surface area contributed by atoms with Gasteiger partial charge in [-0.3, -0.25) is 9.52 Å². The lowest BCUT2D eigenvalue weighted by Crippen LogP contribution is -2.41. The van der Waals surface area contributed by atoms with Crippen molar-refractivity contribution in [3.63, 3.8) is 0 Å². The first kappa shape index (κ1) is 20.2. The summed E-state index contributed by atoms with van der Waals surface area (Å²) in [6.07, 6.45) is 1.72. The van der Waals surface area contributed by atoms with Crippen molar-refractivity contribution in [1.82, 2.24) is 5.32 Å². The molecule has 0 saturated heterocycles. The highest BCUT2D eigenvalue weighted by Crippen LogP contribution is 2.40. The summed E-state index contributed by atoms with van der Waals surface area (Å²) in [5, 5.41) is 3.08. The lowest BCUT2D eigenvalue weighted by molar-refractivity contribution is 0.0619. The average molecular weight is 403 g/mol. The molecular weight excluding hydrogens is 376 g/mol. The number of anilines is 1. The van der Waals surface area contributed by atoms with Crippen molar-refractivity contribution in [2.24, 2.45) is 0 Å². The van der Waals surface area contributed by atoms with E-state index in [0.717, 1.165) is 28.7 Å². The van der Waals surface area contributed by atoms with Crippen molar-refractivity contribution < 1.29 is 17.9 Å². The number of benzene rings is 2. The second kappa shape index (κ2) is 7.13. The molecule has 1 aliphatic rings. The van der Waals surface area contributed by atoms with Gasteiger partial charge in [-0.15, -0.1) is 0 Å². The second-order valence-electron chi connectivity index (χ2n) is 8.04. The Balaban J connectivity index is 1.88. The molecule has 0 bridgehead atoms. The number of hydrogen-bond acceptors (Lipinski definition) is 4. The van der Waals surface area contributed by atoms with Gasteiger partial charge in [0.05, 0.1) is 18.0 Å². The number of nitrogens with one attached hydrogen (secondary N) is 2. The van der Waals surface area contributed by atoms with E-state index in [0.29, 0.717) is 17.7 Å². The van der Waals surface area contributed by atoms with Gasteiger partial charge < -0.3 is 10.1 Å². The van der Waals surface area contributed by atoms with Crippen LogP contribution in [0, 0.1) is 13.8 Å². The zero-order valence-electron chi connectivity index (χ0n) is 16.8.